The van der Waals surface area contributed by atoms with Crippen molar-refractivity contribution in [2.45, 2.75) is 19.8 Å². The van der Waals surface area contributed by atoms with E-state index in [1.54, 1.807) is 24.3 Å². The molecule has 2 atom stereocenters. The van der Waals surface area contributed by atoms with Crippen molar-refractivity contribution < 1.29 is 9.59 Å². The third-order valence-electron chi connectivity index (χ3n) is 3.40. The van der Waals surface area contributed by atoms with Crippen LogP contribution in [-0.2, 0) is 9.59 Å². The van der Waals surface area contributed by atoms with Crippen LogP contribution in [0.25, 0.3) is 0 Å². The summed E-state index contributed by atoms with van der Waals surface area (Å²) in [5, 5.41) is 14.2. The van der Waals surface area contributed by atoms with Gasteiger partial charge in [0.2, 0.25) is 11.8 Å². The van der Waals surface area contributed by atoms with E-state index in [0.29, 0.717) is 23.7 Å². The molecule has 0 aliphatic heterocycles. The number of hydrogen-bond donors (Lipinski definition) is 2. The molecule has 0 radical (unpaired) electrons. The number of amides is 2. The van der Waals surface area contributed by atoms with Crippen molar-refractivity contribution in [3.05, 3.63) is 29.8 Å². The number of carbonyl (C=O) groups is 2. The van der Waals surface area contributed by atoms with Gasteiger partial charge >= 0.3 is 0 Å². The van der Waals surface area contributed by atoms with Crippen molar-refractivity contribution in [1.29, 1.82) is 5.26 Å². The first-order valence-electron chi connectivity index (χ1n) is 6.68. The van der Waals surface area contributed by atoms with Crippen LogP contribution in [0.4, 0.5) is 5.69 Å². The molecular formula is C15H17N3O2. The molecule has 0 heterocycles. The molecule has 1 saturated carbocycles. The van der Waals surface area contributed by atoms with Gasteiger partial charge < -0.3 is 10.6 Å². The topological polar surface area (TPSA) is 82.0 Å². The van der Waals surface area contributed by atoms with Gasteiger partial charge in [-0.05, 0) is 36.6 Å². The zero-order chi connectivity index (χ0) is 14.5. The summed E-state index contributed by atoms with van der Waals surface area (Å²) in [6, 6.07) is 8.67. The van der Waals surface area contributed by atoms with E-state index in [0.717, 1.165) is 6.42 Å². The average molecular weight is 271 g/mol. The van der Waals surface area contributed by atoms with E-state index in [1.165, 1.54) is 0 Å². The molecule has 2 amide bonds. The molecule has 2 unspecified atom stereocenters. The van der Waals surface area contributed by atoms with Gasteiger partial charge in [-0.15, -0.1) is 0 Å². The number of hydrogen-bond acceptors (Lipinski definition) is 3. The molecular weight excluding hydrogens is 254 g/mol. The van der Waals surface area contributed by atoms with E-state index in [1.807, 2.05) is 13.0 Å². The van der Waals surface area contributed by atoms with Crippen molar-refractivity contribution in [2.24, 2.45) is 11.8 Å². The quantitative estimate of drug-likeness (QED) is 0.854. The molecule has 104 valence electrons. The van der Waals surface area contributed by atoms with E-state index in [9.17, 15) is 9.59 Å². The summed E-state index contributed by atoms with van der Waals surface area (Å²) in [5.41, 5.74) is 1.20. The number of rotatable bonds is 5. The van der Waals surface area contributed by atoms with Crippen LogP contribution in [0.15, 0.2) is 24.3 Å². The third-order valence-corrected chi connectivity index (χ3v) is 3.40. The van der Waals surface area contributed by atoms with Gasteiger partial charge in [0.25, 0.3) is 0 Å². The third kappa shape index (κ3) is 3.82. The molecule has 5 nitrogen and oxygen atoms in total. The van der Waals surface area contributed by atoms with Crippen LogP contribution in [0.5, 0.6) is 0 Å². The number of nitrogens with zero attached hydrogens (tertiary/aromatic N) is 1. The lowest BCUT2D eigenvalue weighted by Crippen LogP contribution is -2.29. The van der Waals surface area contributed by atoms with Crippen molar-refractivity contribution in [3.8, 4) is 6.07 Å². The summed E-state index contributed by atoms with van der Waals surface area (Å²) >= 11 is 0. The maximum absolute atomic E-state index is 11.7. The number of carbonyl (C=O) groups excluding carboxylic acids is 2. The number of benzene rings is 1. The number of nitrogens with one attached hydrogen (secondary N) is 2. The van der Waals surface area contributed by atoms with Gasteiger partial charge in [-0.3, -0.25) is 9.59 Å². The molecule has 1 aromatic carbocycles. The van der Waals surface area contributed by atoms with E-state index in [2.05, 4.69) is 10.6 Å². The van der Waals surface area contributed by atoms with Gasteiger partial charge in [-0.25, -0.2) is 0 Å². The van der Waals surface area contributed by atoms with Crippen LogP contribution in [0.2, 0.25) is 0 Å². The van der Waals surface area contributed by atoms with E-state index >= 15 is 0 Å². The second-order valence-electron chi connectivity index (χ2n) is 5.10. The van der Waals surface area contributed by atoms with Crippen molar-refractivity contribution in [1.82, 2.24) is 5.32 Å². The average Bonchev–Trinajstić information content (AvgIpc) is 3.17. The largest absolute Gasteiger partial charge is 0.355 e. The molecule has 20 heavy (non-hydrogen) atoms. The molecule has 1 aliphatic rings. The Morgan fingerprint density at radius 1 is 1.35 bits per heavy atom. The standard InChI is InChI=1S/C15H17N3O2/c1-10-8-13(10)15(20)17-7-6-14(19)18-12-4-2-11(9-16)3-5-12/h2-5,10,13H,6-8H2,1H3,(H,17,20)(H,18,19). The Balaban J connectivity index is 1.69. The van der Waals surface area contributed by atoms with Gasteiger partial charge in [-0.1, -0.05) is 6.92 Å². The summed E-state index contributed by atoms with van der Waals surface area (Å²) in [4.78, 5) is 23.2. The first-order valence-corrected chi connectivity index (χ1v) is 6.68. The highest BCUT2D eigenvalue weighted by Crippen LogP contribution is 2.37. The molecule has 1 fully saturated rings. The monoisotopic (exact) mass is 271 g/mol. The minimum Gasteiger partial charge on any atom is -0.355 e. The number of nitriles is 1. The zero-order valence-electron chi connectivity index (χ0n) is 11.3. The maximum atomic E-state index is 11.7. The van der Waals surface area contributed by atoms with Crippen LogP contribution >= 0.6 is 0 Å². The highest BCUT2D eigenvalue weighted by Gasteiger charge is 2.38. The molecule has 2 N–H and O–H groups in total. The Hall–Kier alpha value is -2.35. The highest BCUT2D eigenvalue weighted by molar-refractivity contribution is 5.91. The normalized spacial score (nSPS) is 19.8. The fraction of sp³-hybridized carbons (Fsp3) is 0.400. The number of anilines is 1. The lowest BCUT2D eigenvalue weighted by Gasteiger charge is -2.06. The first kappa shape index (κ1) is 14.1. The molecule has 1 aromatic rings. The van der Waals surface area contributed by atoms with Gasteiger partial charge in [0.05, 0.1) is 11.6 Å². The Labute approximate surface area is 118 Å². The Kier molecular flexibility index (Phi) is 4.36. The summed E-state index contributed by atoms with van der Waals surface area (Å²) in [5.74, 6) is 0.501. The molecule has 2 rings (SSSR count). The molecule has 0 saturated heterocycles. The molecule has 0 bridgehead atoms. The van der Waals surface area contributed by atoms with Gasteiger partial charge in [0.1, 0.15) is 0 Å². The lowest BCUT2D eigenvalue weighted by atomic mass is 10.2. The fourth-order valence-electron chi connectivity index (χ4n) is 1.97. The van der Waals surface area contributed by atoms with Crippen molar-refractivity contribution in [2.75, 3.05) is 11.9 Å². The minimum atomic E-state index is -0.154. The second-order valence-corrected chi connectivity index (χ2v) is 5.10. The summed E-state index contributed by atoms with van der Waals surface area (Å²) in [7, 11) is 0. The second kappa shape index (κ2) is 6.20. The van der Waals surface area contributed by atoms with Gasteiger partial charge in [-0.2, -0.15) is 5.26 Å². The maximum Gasteiger partial charge on any atom is 0.226 e. The molecule has 0 aromatic heterocycles. The molecule has 5 heteroatoms. The summed E-state index contributed by atoms with van der Waals surface area (Å²) < 4.78 is 0. The van der Waals surface area contributed by atoms with Crippen molar-refractivity contribution in [3.63, 3.8) is 0 Å². The minimum absolute atomic E-state index is 0.0451. The SMILES string of the molecule is CC1CC1C(=O)NCCC(=O)Nc1ccc(C#N)cc1. The van der Waals surface area contributed by atoms with E-state index in [4.69, 9.17) is 5.26 Å². The van der Waals surface area contributed by atoms with E-state index < -0.39 is 0 Å². The summed E-state index contributed by atoms with van der Waals surface area (Å²) in [6.45, 7) is 2.39. The molecule has 1 aliphatic carbocycles. The predicted molar refractivity (Wildman–Crippen MR) is 74.7 cm³/mol. The predicted octanol–water partition coefficient (Wildman–Crippen LogP) is 1.66. The van der Waals surface area contributed by atoms with Crippen molar-refractivity contribution >= 4 is 17.5 Å². The van der Waals surface area contributed by atoms with Crippen LogP contribution in [-0.4, -0.2) is 18.4 Å². The van der Waals surface area contributed by atoms with Crippen LogP contribution < -0.4 is 10.6 Å². The molecule has 0 spiro atoms. The van der Waals surface area contributed by atoms with Gasteiger partial charge in [0.15, 0.2) is 0 Å². The van der Waals surface area contributed by atoms with Gasteiger partial charge in [0, 0.05) is 24.6 Å². The zero-order valence-corrected chi connectivity index (χ0v) is 11.3. The fourth-order valence-corrected chi connectivity index (χ4v) is 1.97. The van der Waals surface area contributed by atoms with E-state index in [-0.39, 0.29) is 24.2 Å². The Morgan fingerprint density at radius 3 is 2.55 bits per heavy atom. The Morgan fingerprint density at radius 2 is 2.00 bits per heavy atom. The summed E-state index contributed by atoms with van der Waals surface area (Å²) in [6.07, 6.45) is 1.19. The van der Waals surface area contributed by atoms with Crippen LogP contribution in [0.3, 0.4) is 0 Å². The Bertz CT molecular complexity index is 545. The lowest BCUT2D eigenvalue weighted by molar-refractivity contribution is -0.122. The highest BCUT2D eigenvalue weighted by atomic mass is 16.2. The van der Waals surface area contributed by atoms with Crippen LogP contribution in [0, 0.1) is 23.2 Å². The first-order chi connectivity index (χ1) is 9.60. The van der Waals surface area contributed by atoms with Crippen LogP contribution in [0.1, 0.15) is 25.3 Å². The smallest absolute Gasteiger partial charge is 0.226 e.